The number of hydrogen-bond donors (Lipinski definition) is 1. The molecular formula is C10H11N5O2. The number of benzene rings is 1. The Kier molecular flexibility index (Phi) is 2.99. The first-order valence-corrected chi connectivity index (χ1v) is 4.98. The Hall–Kier alpha value is -2.44. The van der Waals surface area contributed by atoms with E-state index in [0.29, 0.717) is 17.9 Å². The lowest BCUT2D eigenvalue weighted by molar-refractivity contribution is -0.385. The molecule has 17 heavy (non-hydrogen) atoms. The van der Waals surface area contributed by atoms with Gasteiger partial charge in [0.2, 0.25) is 0 Å². The average Bonchev–Trinajstić information content (AvgIpc) is 2.80. The molecule has 0 radical (unpaired) electrons. The molecule has 2 aromatic rings. The summed E-state index contributed by atoms with van der Waals surface area (Å²) in [4.78, 5) is 14.2. The minimum absolute atomic E-state index is 0.105. The molecule has 0 spiro atoms. The molecule has 88 valence electrons. The molecular weight excluding hydrogens is 222 g/mol. The number of hydrogen-bond acceptors (Lipinski definition) is 5. The summed E-state index contributed by atoms with van der Waals surface area (Å²) in [7, 11) is 0. The smallest absolute Gasteiger partial charge is 0.274 e. The first kappa shape index (κ1) is 11.1. The second kappa shape index (κ2) is 4.60. The van der Waals surface area contributed by atoms with E-state index in [1.54, 1.807) is 30.1 Å². The molecule has 0 saturated heterocycles. The lowest BCUT2D eigenvalue weighted by Gasteiger charge is -2.06. The van der Waals surface area contributed by atoms with Crippen LogP contribution >= 0.6 is 0 Å². The molecule has 1 aromatic heterocycles. The third-order valence-corrected chi connectivity index (χ3v) is 2.32. The van der Waals surface area contributed by atoms with Gasteiger partial charge in [-0.05, 0) is 13.0 Å². The van der Waals surface area contributed by atoms with Crippen molar-refractivity contribution in [3.05, 3.63) is 46.5 Å². The van der Waals surface area contributed by atoms with E-state index < -0.39 is 4.92 Å². The summed E-state index contributed by atoms with van der Waals surface area (Å²) in [6.07, 6.45) is 2.99. The van der Waals surface area contributed by atoms with Crippen molar-refractivity contribution in [2.45, 2.75) is 13.6 Å². The van der Waals surface area contributed by atoms with Crippen LogP contribution in [0.5, 0.6) is 0 Å². The van der Waals surface area contributed by atoms with E-state index in [-0.39, 0.29) is 5.69 Å². The highest BCUT2D eigenvalue weighted by molar-refractivity contribution is 5.54. The molecule has 0 atom stereocenters. The van der Waals surface area contributed by atoms with E-state index >= 15 is 0 Å². The summed E-state index contributed by atoms with van der Waals surface area (Å²) in [6.45, 7) is 2.12. The summed E-state index contributed by atoms with van der Waals surface area (Å²) in [6, 6.07) is 5.01. The van der Waals surface area contributed by atoms with Gasteiger partial charge >= 0.3 is 0 Å². The van der Waals surface area contributed by atoms with Crippen molar-refractivity contribution in [1.82, 2.24) is 14.8 Å². The molecule has 0 aliphatic rings. The Labute approximate surface area is 97.2 Å². The highest BCUT2D eigenvalue weighted by Gasteiger charge is 2.10. The topological polar surface area (TPSA) is 85.9 Å². The van der Waals surface area contributed by atoms with Gasteiger partial charge in [-0.15, -0.1) is 0 Å². The minimum atomic E-state index is -0.393. The maximum atomic E-state index is 10.8. The van der Waals surface area contributed by atoms with E-state index in [1.165, 1.54) is 12.4 Å². The van der Waals surface area contributed by atoms with Crippen molar-refractivity contribution in [3.63, 3.8) is 0 Å². The van der Waals surface area contributed by atoms with Gasteiger partial charge in [0.05, 0.1) is 4.92 Å². The molecule has 1 heterocycles. The van der Waals surface area contributed by atoms with Gasteiger partial charge in [0.15, 0.2) is 0 Å². The van der Waals surface area contributed by atoms with Crippen molar-refractivity contribution >= 4 is 11.4 Å². The number of rotatable bonds is 4. The van der Waals surface area contributed by atoms with Crippen molar-refractivity contribution in [2.24, 2.45) is 0 Å². The molecule has 7 nitrogen and oxygen atoms in total. The molecule has 1 aromatic carbocycles. The fraction of sp³-hybridized carbons (Fsp3) is 0.200. The van der Waals surface area contributed by atoms with Crippen LogP contribution in [0, 0.1) is 17.0 Å². The maximum absolute atomic E-state index is 10.8. The number of aromatic nitrogens is 3. The lowest BCUT2D eigenvalue weighted by atomic mass is 10.2. The van der Waals surface area contributed by atoms with Gasteiger partial charge in [-0.3, -0.25) is 10.1 Å². The number of nitro groups is 1. The standard InChI is InChI=1S/C10H11N5O2/c1-8-2-3-9(4-10(8)15(16)17)12-7-14-6-11-5-13-14/h2-6,12H,7H2,1H3. The summed E-state index contributed by atoms with van der Waals surface area (Å²) in [5.41, 5.74) is 1.42. The van der Waals surface area contributed by atoms with Crippen LogP contribution in [0.15, 0.2) is 30.9 Å². The van der Waals surface area contributed by atoms with Gasteiger partial charge in [-0.25, -0.2) is 9.67 Å². The summed E-state index contributed by atoms with van der Waals surface area (Å²) < 4.78 is 1.59. The number of nitro benzene ring substituents is 1. The second-order valence-electron chi connectivity index (χ2n) is 3.53. The van der Waals surface area contributed by atoms with Gasteiger partial charge in [0, 0.05) is 17.3 Å². The van der Waals surface area contributed by atoms with Crippen LogP contribution < -0.4 is 5.32 Å². The first-order valence-electron chi connectivity index (χ1n) is 4.98. The van der Waals surface area contributed by atoms with Crippen LogP contribution in [0.4, 0.5) is 11.4 Å². The third kappa shape index (κ3) is 2.57. The fourth-order valence-corrected chi connectivity index (χ4v) is 1.40. The van der Waals surface area contributed by atoms with Gasteiger partial charge in [-0.1, -0.05) is 6.07 Å². The van der Waals surface area contributed by atoms with Crippen molar-refractivity contribution < 1.29 is 4.92 Å². The Morgan fingerprint density at radius 3 is 3.00 bits per heavy atom. The third-order valence-electron chi connectivity index (χ3n) is 2.32. The van der Waals surface area contributed by atoms with Gasteiger partial charge in [0.25, 0.3) is 5.69 Å². The lowest BCUT2D eigenvalue weighted by Crippen LogP contribution is -2.08. The first-order chi connectivity index (χ1) is 8.16. The molecule has 0 unspecified atom stereocenters. The molecule has 0 aliphatic heterocycles. The van der Waals surface area contributed by atoms with Crippen LogP contribution in [0.25, 0.3) is 0 Å². The van der Waals surface area contributed by atoms with Gasteiger partial charge < -0.3 is 5.32 Å². The van der Waals surface area contributed by atoms with E-state index in [4.69, 9.17) is 0 Å². The van der Waals surface area contributed by atoms with Crippen molar-refractivity contribution in [3.8, 4) is 0 Å². The zero-order valence-corrected chi connectivity index (χ0v) is 9.20. The van der Waals surface area contributed by atoms with Crippen LogP contribution in [-0.2, 0) is 6.67 Å². The molecule has 7 heteroatoms. The van der Waals surface area contributed by atoms with Crippen LogP contribution in [-0.4, -0.2) is 19.7 Å². The summed E-state index contributed by atoms with van der Waals surface area (Å²) >= 11 is 0. The van der Waals surface area contributed by atoms with Crippen LogP contribution in [0.1, 0.15) is 5.56 Å². The highest BCUT2D eigenvalue weighted by atomic mass is 16.6. The fourth-order valence-electron chi connectivity index (χ4n) is 1.40. The largest absolute Gasteiger partial charge is 0.366 e. The number of nitrogens with zero attached hydrogens (tertiary/aromatic N) is 4. The minimum Gasteiger partial charge on any atom is -0.366 e. The van der Waals surface area contributed by atoms with Crippen molar-refractivity contribution in [2.75, 3.05) is 5.32 Å². The van der Waals surface area contributed by atoms with E-state index in [2.05, 4.69) is 15.4 Å². The van der Waals surface area contributed by atoms with Crippen LogP contribution in [0.3, 0.4) is 0 Å². The average molecular weight is 233 g/mol. The van der Waals surface area contributed by atoms with Crippen LogP contribution in [0.2, 0.25) is 0 Å². The monoisotopic (exact) mass is 233 g/mol. The Morgan fingerprint density at radius 1 is 1.53 bits per heavy atom. The normalized spacial score (nSPS) is 10.2. The number of aryl methyl sites for hydroxylation is 1. The molecule has 0 saturated carbocycles. The van der Waals surface area contributed by atoms with E-state index in [0.717, 1.165) is 0 Å². The molecule has 2 rings (SSSR count). The molecule has 1 N–H and O–H groups in total. The highest BCUT2D eigenvalue weighted by Crippen LogP contribution is 2.22. The van der Waals surface area contributed by atoms with Crippen molar-refractivity contribution in [1.29, 1.82) is 0 Å². The zero-order chi connectivity index (χ0) is 12.3. The Balaban J connectivity index is 2.11. The van der Waals surface area contributed by atoms with Gasteiger partial charge in [0.1, 0.15) is 19.3 Å². The molecule has 0 amide bonds. The molecule has 0 fully saturated rings. The number of nitrogens with one attached hydrogen (secondary N) is 1. The quantitative estimate of drug-likeness (QED) is 0.639. The Morgan fingerprint density at radius 2 is 2.35 bits per heavy atom. The Bertz CT molecular complexity index is 523. The summed E-state index contributed by atoms with van der Waals surface area (Å²) in [5.74, 6) is 0. The molecule has 0 aliphatic carbocycles. The summed E-state index contributed by atoms with van der Waals surface area (Å²) in [5, 5.41) is 17.7. The number of anilines is 1. The zero-order valence-electron chi connectivity index (χ0n) is 9.20. The van der Waals surface area contributed by atoms with E-state index in [9.17, 15) is 10.1 Å². The maximum Gasteiger partial charge on any atom is 0.274 e. The predicted octanol–water partition coefficient (Wildman–Crippen LogP) is 1.56. The predicted molar refractivity (Wildman–Crippen MR) is 61.5 cm³/mol. The van der Waals surface area contributed by atoms with E-state index in [1.807, 2.05) is 0 Å². The molecule has 0 bridgehead atoms. The van der Waals surface area contributed by atoms with Gasteiger partial charge in [-0.2, -0.15) is 5.10 Å². The SMILES string of the molecule is Cc1ccc(NCn2cncn2)cc1[N+](=O)[O-]. The second-order valence-corrected chi connectivity index (χ2v) is 3.53.